The largest absolute Gasteiger partial charge is 0.305 e. The molecule has 0 saturated heterocycles. The average Bonchev–Trinajstić information content (AvgIpc) is 3.53. The number of nitrogens with zero attached hydrogens (tertiary/aromatic N) is 2. The molecule has 0 aliphatic rings. The van der Waals surface area contributed by atoms with Crippen LogP contribution in [0.2, 0.25) is 36.9 Å². The van der Waals surface area contributed by atoms with Crippen LogP contribution in [0.3, 0.4) is 0 Å². The summed E-state index contributed by atoms with van der Waals surface area (Å²) >= 11 is -0.00857. The third kappa shape index (κ3) is 8.40. The second-order valence-corrected chi connectivity index (χ2v) is 31.9. The van der Waals surface area contributed by atoms with E-state index in [1.807, 2.05) is 72.8 Å². The van der Waals surface area contributed by atoms with Gasteiger partial charge in [0.25, 0.3) is 0 Å². The first kappa shape index (κ1) is 35.3. The molecule has 0 spiro atoms. The molecule has 3 heterocycles. The monoisotopic (exact) mass is 953 g/mol. The van der Waals surface area contributed by atoms with E-state index in [9.17, 15) is 0 Å². The molecule has 0 atom stereocenters. The fourth-order valence-corrected chi connectivity index (χ4v) is 12.4. The maximum absolute atomic E-state index is 9.01. The Labute approximate surface area is 332 Å². The molecule has 8 rings (SSSR count). The van der Waals surface area contributed by atoms with Crippen molar-refractivity contribution in [2.75, 3.05) is 0 Å². The van der Waals surface area contributed by atoms with Crippen LogP contribution >= 0.6 is 11.3 Å². The Kier molecular flexibility index (Phi) is 10.7. The first-order valence-electron chi connectivity index (χ1n) is 18.5. The molecule has 0 fully saturated rings. The molecule has 263 valence electrons. The van der Waals surface area contributed by atoms with Gasteiger partial charge in [-0.2, -0.15) is 11.3 Å². The summed E-state index contributed by atoms with van der Waals surface area (Å²) in [6, 6.07) is 45.4. The van der Waals surface area contributed by atoms with Gasteiger partial charge in [-0.3, -0.25) is 0 Å². The molecule has 0 N–H and O–H groups in total. The minimum atomic E-state index is -1.77. The minimum Gasteiger partial charge on any atom is -0.305 e. The predicted molar refractivity (Wildman–Crippen MR) is 227 cm³/mol. The third-order valence-corrected chi connectivity index (χ3v) is 17.0. The summed E-state index contributed by atoms with van der Waals surface area (Å²) in [5, 5.41) is 6.10. The van der Waals surface area contributed by atoms with Crippen LogP contribution in [0.4, 0.5) is 0 Å². The molecule has 2 nitrogen and oxygen atoms in total. The number of hydrogen-bond acceptors (Lipinski definition) is 3. The number of aromatic nitrogens is 2. The Morgan fingerprint density at radius 1 is 0.731 bits per heavy atom. The summed E-state index contributed by atoms with van der Waals surface area (Å²) < 4.78 is 21.9. The summed E-state index contributed by atoms with van der Waals surface area (Å²) in [6.45, 7) is 9.32. The van der Waals surface area contributed by atoms with Gasteiger partial charge in [0, 0.05) is 33.7 Å². The molecule has 52 heavy (non-hydrogen) atoms. The van der Waals surface area contributed by atoms with E-state index < -0.39 is 27.7 Å². The van der Waals surface area contributed by atoms with E-state index in [1.54, 1.807) is 23.6 Å². The van der Waals surface area contributed by atoms with E-state index in [1.165, 1.54) is 30.6 Å². The Balaban J connectivity index is 0.000000233. The van der Waals surface area contributed by atoms with E-state index in [2.05, 4.69) is 109 Å². The van der Waals surface area contributed by atoms with Gasteiger partial charge in [0.05, 0.1) is 8.07 Å². The summed E-state index contributed by atoms with van der Waals surface area (Å²) in [5.74, 6) is 7.20. The number of pyridine rings is 2. The van der Waals surface area contributed by atoms with Gasteiger partial charge in [-0.25, -0.2) is 0 Å². The van der Waals surface area contributed by atoms with Crippen LogP contribution in [-0.4, -0.2) is 31.3 Å². The molecular weight excluding hydrogens is 905 g/mol. The second-order valence-electron chi connectivity index (χ2n) is 15.2. The van der Waals surface area contributed by atoms with Crippen molar-refractivity contribution in [3.05, 3.63) is 156 Å². The van der Waals surface area contributed by atoms with Gasteiger partial charge in [-0.05, 0) is 56.2 Å². The van der Waals surface area contributed by atoms with Crippen molar-refractivity contribution in [3.63, 3.8) is 0 Å². The van der Waals surface area contributed by atoms with Crippen molar-refractivity contribution in [2.24, 2.45) is 0 Å². The van der Waals surface area contributed by atoms with E-state index in [4.69, 9.17) is 2.74 Å². The van der Waals surface area contributed by atoms with Gasteiger partial charge in [-0.15, -0.1) is 23.8 Å². The van der Waals surface area contributed by atoms with Gasteiger partial charge in [0.2, 0.25) is 0 Å². The molecule has 0 bridgehead atoms. The number of thiophene rings is 1. The van der Waals surface area contributed by atoms with Gasteiger partial charge in [0.15, 0.2) is 0 Å². The maximum Gasteiger partial charge on any atom is 0.0776 e. The van der Waals surface area contributed by atoms with E-state index in [-0.39, 0.29) is 20.1 Å². The fourth-order valence-electron chi connectivity index (χ4n) is 6.52. The van der Waals surface area contributed by atoms with Crippen LogP contribution in [0.5, 0.6) is 0 Å². The van der Waals surface area contributed by atoms with Crippen LogP contribution in [0.1, 0.15) is 19.4 Å². The van der Waals surface area contributed by atoms with Gasteiger partial charge < -0.3 is 4.98 Å². The number of hydrogen-bond donors (Lipinski definition) is 0. The minimum absolute atomic E-state index is 0. The van der Waals surface area contributed by atoms with Crippen LogP contribution in [-0.2, 0) is 26.5 Å². The Bertz CT molecular complexity index is 2590. The molecule has 0 aliphatic carbocycles. The van der Waals surface area contributed by atoms with Gasteiger partial charge >= 0.3 is 106 Å². The SMILES string of the molecule is Cc1cc(-c2[c-]cccc2)nc[c]1[Ge]([CH3])([CH3])[CH3].[2H]C([2H])(c1ccnc(-c2[c-]ccc3c2sc2ccc([Si](C)(C)C)cc23)c1)c1ccc2ccccc2c1.[Ir]. The molecule has 0 saturated carbocycles. The molecular formula is C46H44GeIrN2SSi-2. The van der Waals surface area contributed by atoms with Crippen molar-refractivity contribution in [2.45, 2.75) is 50.2 Å². The Morgan fingerprint density at radius 2 is 1.50 bits per heavy atom. The van der Waals surface area contributed by atoms with Crippen LogP contribution in [0.25, 0.3) is 53.5 Å². The molecule has 1 radical (unpaired) electrons. The first-order chi connectivity index (χ1) is 25.2. The quantitative estimate of drug-likeness (QED) is 0.123. The standard InChI is InChI=1S/C31H26NSSi.C15H18GeN.Ir/c1-34(2,3)25-13-14-30-28(20-25)26-9-6-10-27(31(26)33-30)29-19-22(15-16-32-29)17-21-11-12-23-7-4-5-8-24(23)18-21;1-12-10-15(13-8-6-5-7-9-13)17-11-14(12)16(2,3)4;/h4-9,11-16,18-20H,17H2,1-3H3;5-8,10-11H,1-4H3;/q2*-1;/i17D2;;. The number of rotatable bonds is 6. The zero-order valence-corrected chi connectivity index (χ0v) is 37.1. The molecule has 3 aromatic heterocycles. The summed E-state index contributed by atoms with van der Waals surface area (Å²) in [6.07, 6.45) is 2.14. The van der Waals surface area contributed by atoms with Gasteiger partial charge in [0.1, 0.15) is 0 Å². The van der Waals surface area contributed by atoms with E-state index in [0.717, 1.165) is 38.0 Å². The smallest absolute Gasteiger partial charge is 0.0776 e. The summed E-state index contributed by atoms with van der Waals surface area (Å²) in [5.41, 5.74) is 6.39. The molecule has 5 aromatic carbocycles. The van der Waals surface area contributed by atoms with Crippen molar-refractivity contribution in [1.29, 1.82) is 0 Å². The zero-order valence-electron chi connectivity index (χ0n) is 32.8. The van der Waals surface area contributed by atoms with Crippen LogP contribution in [0.15, 0.2) is 128 Å². The Morgan fingerprint density at radius 3 is 2.23 bits per heavy atom. The topological polar surface area (TPSA) is 25.8 Å². The summed E-state index contributed by atoms with van der Waals surface area (Å²) in [4.78, 5) is 9.25. The number of benzene rings is 5. The zero-order chi connectivity index (χ0) is 37.5. The Hall–Kier alpha value is -3.71. The van der Waals surface area contributed by atoms with E-state index in [0.29, 0.717) is 11.1 Å². The molecule has 8 aromatic rings. The molecule has 0 unspecified atom stereocenters. The van der Waals surface area contributed by atoms with Crippen LogP contribution < -0.4 is 9.58 Å². The summed E-state index contributed by atoms with van der Waals surface area (Å²) in [7, 11) is -1.42. The van der Waals surface area contributed by atoms with Crippen molar-refractivity contribution in [3.8, 4) is 22.5 Å². The molecule has 6 heteroatoms. The van der Waals surface area contributed by atoms with Crippen molar-refractivity contribution < 1.29 is 22.8 Å². The number of fused-ring (bicyclic) bond motifs is 4. The molecule has 0 aliphatic heterocycles. The average molecular weight is 952 g/mol. The van der Waals surface area contributed by atoms with Crippen LogP contribution in [0, 0.1) is 19.1 Å². The second kappa shape index (κ2) is 15.7. The normalized spacial score (nSPS) is 12.5. The fraction of sp³-hybridized carbons (Fsp3) is 0.174. The predicted octanol–water partition coefficient (Wildman–Crippen LogP) is 11.6. The van der Waals surface area contributed by atoms with Crippen molar-refractivity contribution >= 4 is 73.2 Å². The first-order valence-corrected chi connectivity index (χ1v) is 29.1. The third-order valence-electron chi connectivity index (χ3n) is 9.26. The number of aryl methyl sites for hydroxylation is 1. The molecule has 0 amide bonds. The van der Waals surface area contributed by atoms with Crippen molar-refractivity contribution in [1.82, 2.24) is 9.97 Å². The van der Waals surface area contributed by atoms with E-state index >= 15 is 0 Å². The van der Waals surface area contributed by atoms with Gasteiger partial charge in [-0.1, -0.05) is 90.9 Å². The maximum atomic E-state index is 9.01.